The maximum Gasteiger partial charge on any atom is 0.234 e. The molecule has 0 saturated carbocycles. The maximum absolute atomic E-state index is 10.8. The van der Waals surface area contributed by atoms with Crippen LogP contribution in [-0.4, -0.2) is 11.7 Å². The van der Waals surface area contributed by atoms with Gasteiger partial charge in [0.25, 0.3) is 0 Å². The van der Waals surface area contributed by atoms with Crippen LogP contribution in [0.4, 0.5) is 5.69 Å². The van der Waals surface area contributed by atoms with E-state index in [2.05, 4.69) is 5.43 Å². The molecule has 14 heavy (non-hydrogen) atoms. The average molecular weight is 211 g/mol. The summed E-state index contributed by atoms with van der Waals surface area (Å²) >= 11 is 1.60. The van der Waals surface area contributed by atoms with Crippen molar-refractivity contribution in [1.29, 1.82) is 0 Å². The van der Waals surface area contributed by atoms with E-state index >= 15 is 0 Å². The zero-order valence-corrected chi connectivity index (χ0v) is 8.51. The van der Waals surface area contributed by atoms with Gasteiger partial charge in [0.15, 0.2) is 0 Å². The minimum Gasteiger partial charge on any atom is -0.399 e. The molecule has 0 aromatic heterocycles. The van der Waals surface area contributed by atoms with Gasteiger partial charge in [-0.05, 0) is 24.3 Å². The number of rotatable bonds is 4. The first-order chi connectivity index (χ1) is 6.72. The summed E-state index contributed by atoms with van der Waals surface area (Å²) in [5, 5.41) is 0. The zero-order chi connectivity index (χ0) is 10.4. The molecule has 5 heteroatoms. The molecule has 0 aliphatic heterocycles. The predicted molar refractivity (Wildman–Crippen MR) is 58.5 cm³/mol. The van der Waals surface area contributed by atoms with Crippen LogP contribution in [0.3, 0.4) is 0 Å². The van der Waals surface area contributed by atoms with Gasteiger partial charge < -0.3 is 5.73 Å². The number of hydrogen-bond acceptors (Lipinski definition) is 4. The Morgan fingerprint density at radius 3 is 2.57 bits per heavy atom. The Bertz CT molecular complexity index is 299. The van der Waals surface area contributed by atoms with E-state index < -0.39 is 0 Å². The SMILES string of the molecule is NNC(=O)CCSc1ccc(N)cc1. The van der Waals surface area contributed by atoms with Crippen molar-refractivity contribution < 1.29 is 4.79 Å². The molecule has 0 bridgehead atoms. The number of nitrogens with one attached hydrogen (secondary N) is 1. The highest BCUT2D eigenvalue weighted by atomic mass is 32.2. The van der Waals surface area contributed by atoms with Crippen LogP contribution in [-0.2, 0) is 4.79 Å². The van der Waals surface area contributed by atoms with Crippen molar-refractivity contribution in [1.82, 2.24) is 5.43 Å². The molecule has 76 valence electrons. The molecule has 0 fully saturated rings. The highest BCUT2D eigenvalue weighted by molar-refractivity contribution is 7.99. The molecule has 0 saturated heterocycles. The Kier molecular flexibility index (Phi) is 4.28. The van der Waals surface area contributed by atoms with E-state index in [1.807, 2.05) is 24.3 Å². The molecule has 1 amide bonds. The van der Waals surface area contributed by atoms with Gasteiger partial charge in [-0.3, -0.25) is 10.2 Å². The van der Waals surface area contributed by atoms with Crippen molar-refractivity contribution in [3.05, 3.63) is 24.3 Å². The lowest BCUT2D eigenvalue weighted by molar-refractivity contribution is -0.120. The molecular formula is C9H13N3OS. The fraction of sp³-hybridized carbons (Fsp3) is 0.222. The zero-order valence-electron chi connectivity index (χ0n) is 7.69. The minimum absolute atomic E-state index is 0.145. The van der Waals surface area contributed by atoms with Crippen LogP contribution in [0.1, 0.15) is 6.42 Å². The summed E-state index contributed by atoms with van der Waals surface area (Å²) in [5.74, 6) is 5.52. The standard InChI is InChI=1S/C9H13N3OS/c10-7-1-3-8(4-2-7)14-6-5-9(13)12-11/h1-4H,5-6,10-11H2,(H,12,13). The summed E-state index contributed by atoms with van der Waals surface area (Å²) in [4.78, 5) is 11.9. The highest BCUT2D eigenvalue weighted by Gasteiger charge is 1.99. The molecule has 0 radical (unpaired) electrons. The first kappa shape index (κ1) is 10.9. The van der Waals surface area contributed by atoms with E-state index in [9.17, 15) is 4.79 Å². The number of benzene rings is 1. The van der Waals surface area contributed by atoms with E-state index in [4.69, 9.17) is 11.6 Å². The summed E-state index contributed by atoms with van der Waals surface area (Å²) in [6.07, 6.45) is 0.422. The number of amides is 1. The van der Waals surface area contributed by atoms with Gasteiger partial charge in [0.2, 0.25) is 5.91 Å². The molecule has 1 rings (SSSR count). The lowest BCUT2D eigenvalue weighted by Crippen LogP contribution is -2.30. The number of carbonyl (C=O) groups excluding carboxylic acids is 1. The van der Waals surface area contributed by atoms with Crippen LogP contribution in [0.15, 0.2) is 29.2 Å². The summed E-state index contributed by atoms with van der Waals surface area (Å²) in [5.41, 5.74) is 8.37. The molecule has 4 nitrogen and oxygen atoms in total. The van der Waals surface area contributed by atoms with E-state index in [1.54, 1.807) is 11.8 Å². The number of anilines is 1. The van der Waals surface area contributed by atoms with Gasteiger partial charge in [-0.1, -0.05) is 0 Å². The van der Waals surface area contributed by atoms with Gasteiger partial charge in [0, 0.05) is 22.8 Å². The molecule has 0 spiro atoms. The molecule has 1 aromatic carbocycles. The summed E-state index contributed by atoms with van der Waals surface area (Å²) < 4.78 is 0. The predicted octanol–water partition coefficient (Wildman–Crippen LogP) is 0.741. The minimum atomic E-state index is -0.145. The smallest absolute Gasteiger partial charge is 0.234 e. The summed E-state index contributed by atoms with van der Waals surface area (Å²) in [6.45, 7) is 0. The fourth-order valence-corrected chi connectivity index (χ4v) is 1.75. The number of nitrogens with two attached hydrogens (primary N) is 2. The third-order valence-electron chi connectivity index (χ3n) is 1.64. The third kappa shape index (κ3) is 3.68. The Hall–Kier alpha value is -1.20. The summed E-state index contributed by atoms with van der Waals surface area (Å²) in [6, 6.07) is 7.54. The molecular weight excluding hydrogens is 198 g/mol. The topological polar surface area (TPSA) is 81.1 Å². The Balaban J connectivity index is 2.31. The first-order valence-electron chi connectivity index (χ1n) is 4.20. The quantitative estimate of drug-likeness (QED) is 0.225. The van der Waals surface area contributed by atoms with Crippen molar-refractivity contribution >= 4 is 23.4 Å². The first-order valence-corrected chi connectivity index (χ1v) is 5.18. The van der Waals surface area contributed by atoms with Gasteiger partial charge in [-0.2, -0.15) is 0 Å². The molecule has 0 atom stereocenters. The number of hydrogen-bond donors (Lipinski definition) is 3. The van der Waals surface area contributed by atoms with E-state index in [0.717, 1.165) is 10.6 Å². The van der Waals surface area contributed by atoms with Crippen molar-refractivity contribution in [2.24, 2.45) is 5.84 Å². The van der Waals surface area contributed by atoms with Crippen LogP contribution in [0.2, 0.25) is 0 Å². The van der Waals surface area contributed by atoms with Gasteiger partial charge in [-0.25, -0.2) is 5.84 Å². The normalized spacial score (nSPS) is 9.79. The lowest BCUT2D eigenvalue weighted by Gasteiger charge is -2.01. The third-order valence-corrected chi connectivity index (χ3v) is 2.65. The number of thioether (sulfide) groups is 1. The second-order valence-corrected chi connectivity index (χ2v) is 3.90. The lowest BCUT2D eigenvalue weighted by atomic mass is 10.3. The Labute approximate surface area is 87.0 Å². The molecule has 1 aromatic rings. The number of hydrazine groups is 1. The Morgan fingerprint density at radius 1 is 1.36 bits per heavy atom. The van der Waals surface area contributed by atoms with Crippen LogP contribution >= 0.6 is 11.8 Å². The van der Waals surface area contributed by atoms with Crippen molar-refractivity contribution in [3.8, 4) is 0 Å². The van der Waals surface area contributed by atoms with Crippen molar-refractivity contribution in [2.75, 3.05) is 11.5 Å². The summed E-state index contributed by atoms with van der Waals surface area (Å²) in [7, 11) is 0. The van der Waals surface area contributed by atoms with E-state index in [1.165, 1.54) is 0 Å². The maximum atomic E-state index is 10.8. The molecule has 0 aliphatic carbocycles. The van der Waals surface area contributed by atoms with Crippen LogP contribution in [0.25, 0.3) is 0 Å². The van der Waals surface area contributed by atoms with Gasteiger partial charge in [0.1, 0.15) is 0 Å². The average Bonchev–Trinajstić information content (AvgIpc) is 2.21. The van der Waals surface area contributed by atoms with Gasteiger partial charge in [-0.15, -0.1) is 11.8 Å². The largest absolute Gasteiger partial charge is 0.399 e. The van der Waals surface area contributed by atoms with Gasteiger partial charge in [0.05, 0.1) is 0 Å². The fourth-order valence-electron chi connectivity index (χ4n) is 0.898. The number of carbonyl (C=O) groups is 1. The van der Waals surface area contributed by atoms with Crippen LogP contribution in [0, 0.1) is 0 Å². The molecule has 5 N–H and O–H groups in total. The molecule has 0 heterocycles. The second-order valence-electron chi connectivity index (χ2n) is 2.74. The van der Waals surface area contributed by atoms with Crippen LogP contribution in [0.5, 0.6) is 0 Å². The van der Waals surface area contributed by atoms with E-state index in [-0.39, 0.29) is 5.91 Å². The van der Waals surface area contributed by atoms with Crippen LogP contribution < -0.4 is 17.0 Å². The number of nitrogen functional groups attached to an aromatic ring is 1. The van der Waals surface area contributed by atoms with Crippen molar-refractivity contribution in [3.63, 3.8) is 0 Å². The second kappa shape index (κ2) is 5.51. The van der Waals surface area contributed by atoms with Crippen molar-refractivity contribution in [2.45, 2.75) is 11.3 Å². The Morgan fingerprint density at radius 2 is 2.00 bits per heavy atom. The molecule has 0 aliphatic rings. The van der Waals surface area contributed by atoms with Gasteiger partial charge >= 0.3 is 0 Å². The van der Waals surface area contributed by atoms with E-state index in [0.29, 0.717) is 12.2 Å². The monoisotopic (exact) mass is 211 g/mol. The molecule has 0 unspecified atom stereocenters. The highest BCUT2D eigenvalue weighted by Crippen LogP contribution is 2.19.